The molecule has 3 N–H and O–H groups in total. The molecule has 0 amide bonds. The number of nitrogens with zero attached hydrogens (tertiary/aromatic N) is 1. The molecule has 0 bridgehead atoms. The van der Waals surface area contributed by atoms with Crippen molar-refractivity contribution >= 4 is 66.7 Å². The Morgan fingerprint density at radius 1 is 1.43 bits per heavy atom. The van der Waals surface area contributed by atoms with Gasteiger partial charge in [-0.25, -0.2) is 4.79 Å². The Morgan fingerprint density at radius 3 is 2.70 bits per heavy atom. The molecule has 2 rings (SSSR count). The Balaban J connectivity index is 0.00000242. The average Bonchev–Trinajstić information content (AvgIpc) is 2.80. The van der Waals surface area contributed by atoms with E-state index >= 15 is 0 Å². The molecule has 13 heteroatoms. The molecule has 2 heterocycles. The first-order valence-corrected chi connectivity index (χ1v) is 7.82. The van der Waals surface area contributed by atoms with Crippen LogP contribution in [0.3, 0.4) is 0 Å². The van der Waals surface area contributed by atoms with Crippen molar-refractivity contribution in [3.63, 3.8) is 0 Å². The van der Waals surface area contributed by atoms with Crippen molar-refractivity contribution in [3.8, 4) is 0 Å². The van der Waals surface area contributed by atoms with E-state index < -0.39 is 37.6 Å². The van der Waals surface area contributed by atoms with Gasteiger partial charge in [0.1, 0.15) is 6.35 Å². The maximum absolute atomic E-state index is 11.5. The third kappa shape index (κ3) is 7.54. The van der Waals surface area contributed by atoms with Crippen LogP contribution in [0, 0.1) is 6.92 Å². The van der Waals surface area contributed by atoms with E-state index in [1.54, 1.807) is 0 Å². The summed E-state index contributed by atoms with van der Waals surface area (Å²) < 4.78 is 21.7. The summed E-state index contributed by atoms with van der Waals surface area (Å²) in [4.78, 5) is 47.5. The van der Waals surface area contributed by atoms with Crippen LogP contribution < -0.4 is 16.1 Å². The van der Waals surface area contributed by atoms with Crippen LogP contribution in [0.5, 0.6) is 0 Å². The molecule has 23 heavy (non-hydrogen) atoms. The van der Waals surface area contributed by atoms with Crippen LogP contribution in [0.25, 0.3) is 0 Å². The summed E-state index contributed by atoms with van der Waals surface area (Å²) in [5.74, 6) is 0. The Hall–Kier alpha value is 0.550. The van der Waals surface area contributed by atoms with Gasteiger partial charge < -0.3 is 24.1 Å². The van der Waals surface area contributed by atoms with Crippen LogP contribution in [-0.4, -0.2) is 104 Å². The predicted octanol–water partition coefficient (Wildman–Crippen LogP) is -2.76. The second-order valence-corrected chi connectivity index (χ2v) is 6.17. The number of ether oxygens (including phenoxy) is 2. The van der Waals surface area contributed by atoms with Crippen LogP contribution >= 0.6 is 7.60 Å². The number of aromatic amines is 1. The molecule has 0 radical (unpaired) electrons. The van der Waals surface area contributed by atoms with Crippen LogP contribution in [0.4, 0.5) is 0 Å². The Kier molecular flexibility index (Phi) is 10.1. The molecular formula is C10H17N2Na2O8P. The zero-order valence-electron chi connectivity index (χ0n) is 11.1. The molecule has 0 saturated carbocycles. The fourth-order valence-corrected chi connectivity index (χ4v) is 2.11. The standard InChI is InChI=1S/C10H15N2O8P.2Na.2H/c1-6-3-12(10(14)11-9(6)13)20-8-2-7(4-18-8)19-5-21(15,16)17;;;;/h3,7-8H,2,4-5H2,1H3,(H,11,13,14)(H2,15,16,17);;;;/t7-,8?;;;;/m0..../s1. The normalized spacial score (nSPS) is 20.5. The van der Waals surface area contributed by atoms with Crippen LogP contribution in [-0.2, 0) is 14.0 Å². The average molecular weight is 370 g/mol. The van der Waals surface area contributed by atoms with E-state index in [-0.39, 0.29) is 72.1 Å². The van der Waals surface area contributed by atoms with Gasteiger partial charge >= 0.3 is 72.4 Å². The molecule has 0 spiro atoms. The van der Waals surface area contributed by atoms with Crippen LogP contribution in [0.15, 0.2) is 15.8 Å². The van der Waals surface area contributed by atoms with Gasteiger partial charge in [-0.1, -0.05) is 0 Å². The molecular weight excluding hydrogens is 353 g/mol. The molecule has 2 atom stereocenters. The summed E-state index contributed by atoms with van der Waals surface area (Å²) in [7, 11) is -4.24. The number of nitrogens with one attached hydrogen (secondary N) is 1. The molecule has 1 aliphatic heterocycles. The van der Waals surface area contributed by atoms with Gasteiger partial charge in [0.25, 0.3) is 5.56 Å². The first-order valence-electron chi connectivity index (χ1n) is 6.02. The first kappa shape index (κ1) is 23.5. The van der Waals surface area contributed by atoms with Crippen LogP contribution in [0.2, 0.25) is 0 Å². The zero-order chi connectivity index (χ0) is 15.6. The molecule has 1 aromatic rings. The predicted molar refractivity (Wildman–Crippen MR) is 83.1 cm³/mol. The molecule has 1 fully saturated rings. The minimum atomic E-state index is -4.24. The summed E-state index contributed by atoms with van der Waals surface area (Å²) in [5.41, 5.74) is -0.953. The summed E-state index contributed by atoms with van der Waals surface area (Å²) in [6.45, 7) is 1.60. The van der Waals surface area contributed by atoms with Crippen molar-refractivity contribution in [3.05, 3.63) is 32.6 Å². The Bertz CT molecular complexity index is 672. The number of H-pyrrole nitrogens is 1. The van der Waals surface area contributed by atoms with Gasteiger partial charge in [-0.15, -0.1) is 4.73 Å². The van der Waals surface area contributed by atoms with Gasteiger partial charge in [0.2, 0.25) is 6.29 Å². The third-order valence-electron chi connectivity index (χ3n) is 2.72. The van der Waals surface area contributed by atoms with E-state index in [4.69, 9.17) is 24.1 Å². The number of rotatable bonds is 5. The van der Waals surface area contributed by atoms with E-state index in [0.29, 0.717) is 5.56 Å². The fourth-order valence-electron chi connectivity index (χ4n) is 1.71. The fraction of sp³-hybridized carbons (Fsp3) is 0.600. The van der Waals surface area contributed by atoms with E-state index in [2.05, 4.69) is 4.98 Å². The zero-order valence-corrected chi connectivity index (χ0v) is 12.0. The number of aryl methyl sites for hydroxylation is 1. The van der Waals surface area contributed by atoms with Crippen molar-refractivity contribution in [2.45, 2.75) is 25.7 Å². The van der Waals surface area contributed by atoms with Gasteiger partial charge in [0.05, 0.1) is 18.9 Å². The van der Waals surface area contributed by atoms with E-state index in [1.807, 2.05) is 0 Å². The number of hydrogen-bond acceptors (Lipinski definition) is 6. The van der Waals surface area contributed by atoms with Gasteiger partial charge in [-0.3, -0.25) is 14.3 Å². The van der Waals surface area contributed by atoms with E-state index in [9.17, 15) is 14.2 Å². The third-order valence-corrected chi connectivity index (χ3v) is 3.21. The molecule has 122 valence electrons. The molecule has 1 unspecified atom stereocenters. The molecule has 1 saturated heterocycles. The second-order valence-electron chi connectivity index (χ2n) is 4.58. The monoisotopic (exact) mass is 370 g/mol. The van der Waals surface area contributed by atoms with Gasteiger partial charge in [0, 0.05) is 12.0 Å². The van der Waals surface area contributed by atoms with E-state index in [0.717, 1.165) is 4.73 Å². The first-order chi connectivity index (χ1) is 9.74. The van der Waals surface area contributed by atoms with Gasteiger partial charge in [-0.2, -0.15) is 0 Å². The number of hydrogen-bond donors (Lipinski definition) is 3. The number of aromatic nitrogens is 2. The second kappa shape index (κ2) is 9.88. The van der Waals surface area contributed by atoms with Gasteiger partial charge in [-0.05, 0) is 6.92 Å². The molecule has 10 nitrogen and oxygen atoms in total. The molecule has 0 aliphatic carbocycles. The minimum absolute atomic E-state index is 0. The summed E-state index contributed by atoms with van der Waals surface area (Å²) in [5, 5.41) is 0. The SMILES string of the molecule is Cc1cn(OC2C[C@H](OCP(=O)(O)O)CO2)c(=O)[nH]c1=O.[NaH].[NaH]. The maximum atomic E-state index is 11.5. The van der Waals surface area contributed by atoms with Crippen molar-refractivity contribution in [2.24, 2.45) is 0 Å². The van der Waals surface area contributed by atoms with E-state index in [1.165, 1.54) is 13.1 Å². The molecule has 1 aromatic heterocycles. The van der Waals surface area contributed by atoms with Crippen molar-refractivity contribution < 1.29 is 28.7 Å². The molecule has 1 aliphatic rings. The molecule has 0 aromatic carbocycles. The van der Waals surface area contributed by atoms with Crippen molar-refractivity contribution in [2.75, 3.05) is 13.0 Å². The quantitative estimate of drug-likeness (QED) is 0.374. The van der Waals surface area contributed by atoms with Crippen LogP contribution in [0.1, 0.15) is 12.0 Å². The van der Waals surface area contributed by atoms with Crippen molar-refractivity contribution in [1.29, 1.82) is 0 Å². The summed E-state index contributed by atoms with van der Waals surface area (Å²) >= 11 is 0. The summed E-state index contributed by atoms with van der Waals surface area (Å²) in [6.07, 6.45) is -0.623. The van der Waals surface area contributed by atoms with Gasteiger partial charge in [0.15, 0.2) is 0 Å². The van der Waals surface area contributed by atoms with Crippen molar-refractivity contribution in [1.82, 2.24) is 9.71 Å². The Morgan fingerprint density at radius 2 is 2.09 bits per heavy atom. The Labute approximate surface area is 175 Å². The summed E-state index contributed by atoms with van der Waals surface area (Å²) in [6, 6.07) is 0. The topological polar surface area (TPSA) is 140 Å².